The molecule has 1 aromatic heterocycles. The fraction of sp³-hybridized carbons (Fsp3) is 0.333. The van der Waals surface area contributed by atoms with Crippen molar-refractivity contribution in [2.45, 2.75) is 19.9 Å². The van der Waals surface area contributed by atoms with E-state index in [1.54, 1.807) is 12.3 Å². The number of rotatable bonds is 4. The van der Waals surface area contributed by atoms with Crippen molar-refractivity contribution in [2.75, 3.05) is 25.1 Å². The Morgan fingerprint density at radius 3 is 2.96 bits per heavy atom. The summed E-state index contributed by atoms with van der Waals surface area (Å²) < 4.78 is 11.2. The normalized spacial score (nSPS) is 17.3. The number of aromatic nitrogens is 1. The number of hydrogen-bond donors (Lipinski definition) is 2. The Hall–Kier alpha value is -2.44. The summed E-state index contributed by atoms with van der Waals surface area (Å²) in [5, 5.41) is 6.03. The SMILES string of the molecule is Cc1ccnc(Oc2cc(NC(=O)C3COCCN3)ccc2C)c1. The van der Waals surface area contributed by atoms with Gasteiger partial charge in [0.1, 0.15) is 11.8 Å². The number of morpholine rings is 1. The average molecular weight is 327 g/mol. The minimum absolute atomic E-state index is 0.113. The van der Waals surface area contributed by atoms with Crippen LogP contribution in [0, 0.1) is 13.8 Å². The predicted molar refractivity (Wildman–Crippen MR) is 91.5 cm³/mol. The van der Waals surface area contributed by atoms with Gasteiger partial charge in [-0.1, -0.05) is 6.07 Å². The topological polar surface area (TPSA) is 72.5 Å². The minimum Gasteiger partial charge on any atom is -0.439 e. The van der Waals surface area contributed by atoms with Crippen LogP contribution in [-0.2, 0) is 9.53 Å². The molecule has 0 bridgehead atoms. The Labute approximate surface area is 141 Å². The van der Waals surface area contributed by atoms with E-state index < -0.39 is 0 Å². The zero-order valence-electron chi connectivity index (χ0n) is 13.8. The summed E-state index contributed by atoms with van der Waals surface area (Å²) in [5.74, 6) is 1.08. The van der Waals surface area contributed by atoms with E-state index in [2.05, 4.69) is 15.6 Å². The van der Waals surface area contributed by atoms with Crippen molar-refractivity contribution < 1.29 is 14.3 Å². The van der Waals surface area contributed by atoms with E-state index >= 15 is 0 Å². The van der Waals surface area contributed by atoms with E-state index in [-0.39, 0.29) is 11.9 Å². The summed E-state index contributed by atoms with van der Waals surface area (Å²) >= 11 is 0. The van der Waals surface area contributed by atoms with Crippen LogP contribution in [0.25, 0.3) is 0 Å². The smallest absolute Gasteiger partial charge is 0.243 e. The summed E-state index contributed by atoms with van der Waals surface area (Å²) in [5.41, 5.74) is 2.72. The van der Waals surface area contributed by atoms with Crippen molar-refractivity contribution in [3.63, 3.8) is 0 Å². The van der Waals surface area contributed by atoms with Gasteiger partial charge >= 0.3 is 0 Å². The second kappa shape index (κ2) is 7.42. The molecule has 1 amide bonds. The first kappa shape index (κ1) is 16.4. The van der Waals surface area contributed by atoms with Gasteiger partial charge < -0.3 is 20.1 Å². The van der Waals surface area contributed by atoms with Crippen molar-refractivity contribution >= 4 is 11.6 Å². The molecule has 6 heteroatoms. The Kier molecular flexibility index (Phi) is 5.08. The van der Waals surface area contributed by atoms with Gasteiger partial charge in [0.2, 0.25) is 11.8 Å². The predicted octanol–water partition coefficient (Wildman–Crippen LogP) is 2.42. The van der Waals surface area contributed by atoms with Crippen molar-refractivity contribution in [2.24, 2.45) is 0 Å². The minimum atomic E-state index is -0.331. The fourth-order valence-corrected chi connectivity index (χ4v) is 2.43. The molecule has 1 fully saturated rings. The van der Waals surface area contributed by atoms with Crippen LogP contribution in [0.3, 0.4) is 0 Å². The van der Waals surface area contributed by atoms with Gasteiger partial charge in [-0.25, -0.2) is 4.98 Å². The molecule has 3 rings (SSSR count). The van der Waals surface area contributed by atoms with Gasteiger partial charge in [0, 0.05) is 30.6 Å². The lowest BCUT2D eigenvalue weighted by molar-refractivity contribution is -0.120. The van der Waals surface area contributed by atoms with E-state index in [0.717, 1.165) is 11.1 Å². The number of ether oxygens (including phenoxy) is 2. The Bertz CT molecular complexity index is 727. The van der Waals surface area contributed by atoms with Gasteiger partial charge in [-0.15, -0.1) is 0 Å². The van der Waals surface area contributed by atoms with Crippen LogP contribution >= 0.6 is 0 Å². The summed E-state index contributed by atoms with van der Waals surface area (Å²) in [6.45, 7) is 5.63. The zero-order valence-corrected chi connectivity index (χ0v) is 13.8. The molecule has 0 radical (unpaired) electrons. The lowest BCUT2D eigenvalue weighted by Gasteiger charge is -2.23. The summed E-state index contributed by atoms with van der Waals surface area (Å²) in [4.78, 5) is 16.5. The van der Waals surface area contributed by atoms with Gasteiger partial charge in [-0.3, -0.25) is 4.79 Å². The molecular weight excluding hydrogens is 306 g/mol. The van der Waals surface area contributed by atoms with Gasteiger partial charge in [-0.05, 0) is 37.1 Å². The van der Waals surface area contributed by atoms with Crippen LogP contribution < -0.4 is 15.4 Å². The molecule has 1 aliphatic rings. The highest BCUT2D eigenvalue weighted by atomic mass is 16.5. The highest BCUT2D eigenvalue weighted by molar-refractivity contribution is 5.95. The first-order valence-corrected chi connectivity index (χ1v) is 7.95. The number of pyridine rings is 1. The average Bonchev–Trinajstić information content (AvgIpc) is 2.59. The lowest BCUT2D eigenvalue weighted by Crippen LogP contribution is -2.48. The van der Waals surface area contributed by atoms with Gasteiger partial charge in [0.25, 0.3) is 0 Å². The third-order valence-corrected chi connectivity index (χ3v) is 3.80. The van der Waals surface area contributed by atoms with Gasteiger partial charge in [0.05, 0.1) is 13.2 Å². The number of aryl methyl sites for hydroxylation is 2. The lowest BCUT2D eigenvalue weighted by atomic mass is 10.2. The first-order chi connectivity index (χ1) is 11.6. The quantitative estimate of drug-likeness (QED) is 0.902. The molecule has 2 N–H and O–H groups in total. The summed E-state index contributed by atoms with van der Waals surface area (Å²) in [7, 11) is 0. The maximum Gasteiger partial charge on any atom is 0.243 e. The van der Waals surface area contributed by atoms with E-state index in [4.69, 9.17) is 9.47 Å². The molecule has 6 nitrogen and oxygen atoms in total. The first-order valence-electron chi connectivity index (χ1n) is 7.95. The number of nitrogens with one attached hydrogen (secondary N) is 2. The van der Waals surface area contributed by atoms with Gasteiger partial charge in [-0.2, -0.15) is 0 Å². The van der Waals surface area contributed by atoms with Crippen LogP contribution in [-0.4, -0.2) is 36.7 Å². The highest BCUT2D eigenvalue weighted by Crippen LogP contribution is 2.27. The molecule has 1 aromatic carbocycles. The standard InChI is InChI=1S/C18H21N3O3/c1-12-5-6-20-17(9-12)24-16-10-14(4-3-13(16)2)21-18(22)15-11-23-8-7-19-15/h3-6,9-10,15,19H,7-8,11H2,1-2H3,(H,21,22). The third kappa shape index (κ3) is 4.10. The molecule has 0 spiro atoms. The highest BCUT2D eigenvalue weighted by Gasteiger charge is 2.21. The fourth-order valence-electron chi connectivity index (χ4n) is 2.43. The largest absolute Gasteiger partial charge is 0.439 e. The van der Waals surface area contributed by atoms with Crippen molar-refractivity contribution in [3.05, 3.63) is 47.7 Å². The van der Waals surface area contributed by atoms with Crippen molar-refractivity contribution in [1.29, 1.82) is 0 Å². The second-order valence-corrected chi connectivity index (χ2v) is 5.82. The molecule has 0 aliphatic carbocycles. The summed E-state index contributed by atoms with van der Waals surface area (Å²) in [6, 6.07) is 9.02. The van der Waals surface area contributed by atoms with Crippen LogP contribution in [0.5, 0.6) is 11.6 Å². The van der Waals surface area contributed by atoms with E-state index in [9.17, 15) is 4.79 Å². The number of carbonyl (C=O) groups is 1. The Morgan fingerprint density at radius 2 is 2.21 bits per heavy atom. The molecule has 0 saturated carbocycles. The maximum absolute atomic E-state index is 12.3. The molecule has 1 saturated heterocycles. The maximum atomic E-state index is 12.3. The Morgan fingerprint density at radius 1 is 1.33 bits per heavy atom. The number of benzene rings is 1. The molecule has 24 heavy (non-hydrogen) atoms. The molecular formula is C18H21N3O3. The van der Waals surface area contributed by atoms with Gasteiger partial charge in [0.15, 0.2) is 0 Å². The van der Waals surface area contributed by atoms with Crippen LogP contribution in [0.4, 0.5) is 5.69 Å². The van der Waals surface area contributed by atoms with Crippen molar-refractivity contribution in [3.8, 4) is 11.6 Å². The Balaban J connectivity index is 1.72. The molecule has 2 aromatic rings. The van der Waals surface area contributed by atoms with Crippen LogP contribution in [0.1, 0.15) is 11.1 Å². The summed E-state index contributed by atoms with van der Waals surface area (Å²) in [6.07, 6.45) is 1.71. The molecule has 2 heterocycles. The zero-order chi connectivity index (χ0) is 16.9. The van der Waals surface area contributed by atoms with Crippen LogP contribution in [0.15, 0.2) is 36.5 Å². The van der Waals surface area contributed by atoms with E-state index in [1.807, 2.05) is 38.1 Å². The van der Waals surface area contributed by atoms with E-state index in [0.29, 0.717) is 37.1 Å². The molecule has 1 aliphatic heterocycles. The third-order valence-electron chi connectivity index (χ3n) is 3.80. The number of carbonyl (C=O) groups excluding carboxylic acids is 1. The van der Waals surface area contributed by atoms with E-state index in [1.165, 1.54) is 0 Å². The number of amides is 1. The second-order valence-electron chi connectivity index (χ2n) is 5.82. The number of nitrogens with zero attached hydrogens (tertiary/aromatic N) is 1. The number of hydrogen-bond acceptors (Lipinski definition) is 5. The van der Waals surface area contributed by atoms with Crippen LogP contribution in [0.2, 0.25) is 0 Å². The molecule has 1 unspecified atom stereocenters. The number of anilines is 1. The monoisotopic (exact) mass is 327 g/mol. The van der Waals surface area contributed by atoms with Crippen molar-refractivity contribution in [1.82, 2.24) is 10.3 Å². The molecule has 126 valence electrons. The molecule has 1 atom stereocenters.